The van der Waals surface area contributed by atoms with Gasteiger partial charge in [0.15, 0.2) is 0 Å². The zero-order valence-corrected chi connectivity index (χ0v) is 17.1. The summed E-state index contributed by atoms with van der Waals surface area (Å²) >= 11 is 0. The largest absolute Gasteiger partial charge is 0.462 e. The van der Waals surface area contributed by atoms with Crippen molar-refractivity contribution in [1.29, 1.82) is 0 Å². The topological polar surface area (TPSA) is 97.5 Å². The second-order valence-electron chi connectivity index (χ2n) is 8.41. The molecule has 2 unspecified atom stereocenters. The number of hydrogen-bond acceptors (Lipinski definition) is 6. The maximum Gasteiger partial charge on any atom is 0.308 e. The number of hydrogen-bond donors (Lipinski definition) is 2. The third kappa shape index (κ3) is 3.98. The first-order chi connectivity index (χ1) is 15.0. The van der Waals surface area contributed by atoms with Crippen molar-refractivity contribution in [3.63, 3.8) is 0 Å². The van der Waals surface area contributed by atoms with Crippen LogP contribution in [0.25, 0.3) is 22.5 Å². The number of esters is 1. The number of rotatable bonds is 6. The van der Waals surface area contributed by atoms with Crippen molar-refractivity contribution < 1.29 is 19.7 Å². The monoisotopic (exact) mass is 419 g/mol. The molecule has 1 aliphatic carbocycles. The average molecular weight is 419 g/mol. The highest BCUT2D eigenvalue weighted by atomic mass is 16.5. The number of benzene rings is 1. The van der Waals surface area contributed by atoms with E-state index in [0.717, 1.165) is 22.5 Å². The van der Waals surface area contributed by atoms with Gasteiger partial charge in [-0.3, -0.25) is 9.78 Å². The molecule has 3 heterocycles. The van der Waals surface area contributed by atoms with Crippen molar-refractivity contribution in [2.24, 2.45) is 0 Å². The predicted molar refractivity (Wildman–Crippen MR) is 114 cm³/mol. The Bertz CT molecular complexity index is 1080. The van der Waals surface area contributed by atoms with Gasteiger partial charge in [0, 0.05) is 42.9 Å². The van der Waals surface area contributed by atoms with Crippen LogP contribution >= 0.6 is 0 Å². The lowest BCUT2D eigenvalue weighted by atomic mass is 10.0. The molecule has 1 aliphatic heterocycles. The molecule has 0 spiro atoms. The van der Waals surface area contributed by atoms with Crippen molar-refractivity contribution >= 4 is 5.97 Å². The number of carbonyl (C=O) groups excluding carboxylic acids is 1. The van der Waals surface area contributed by atoms with E-state index in [1.165, 1.54) is 0 Å². The summed E-state index contributed by atoms with van der Waals surface area (Å²) in [5.74, 6) is 0.275. The molecule has 2 fully saturated rings. The maximum absolute atomic E-state index is 11.8. The lowest BCUT2D eigenvalue weighted by Crippen LogP contribution is -2.33. The molecule has 0 bridgehead atoms. The number of aliphatic hydroxyl groups excluding tert-OH is 1. The predicted octanol–water partition coefficient (Wildman–Crippen LogP) is 3.05. The first kappa shape index (κ1) is 19.9. The van der Waals surface area contributed by atoms with Crippen LogP contribution in [-0.2, 0) is 21.7 Å². The van der Waals surface area contributed by atoms with Crippen LogP contribution in [0.2, 0.25) is 0 Å². The summed E-state index contributed by atoms with van der Waals surface area (Å²) in [5, 5.41) is 21.0. The van der Waals surface area contributed by atoms with Gasteiger partial charge in [-0.1, -0.05) is 30.3 Å². The Balaban J connectivity index is 1.58. The van der Waals surface area contributed by atoms with Crippen LogP contribution in [0, 0.1) is 0 Å². The van der Waals surface area contributed by atoms with Gasteiger partial charge in [-0.05, 0) is 25.0 Å². The van der Waals surface area contributed by atoms with Crippen LogP contribution in [0.4, 0.5) is 0 Å². The third-order valence-corrected chi connectivity index (χ3v) is 6.02. The van der Waals surface area contributed by atoms with Gasteiger partial charge in [-0.25, -0.2) is 4.98 Å². The van der Waals surface area contributed by atoms with E-state index in [2.05, 4.69) is 9.55 Å². The number of pyridine rings is 1. The average Bonchev–Trinajstić information content (AvgIpc) is 3.40. The summed E-state index contributed by atoms with van der Waals surface area (Å²) in [6, 6.07) is 13.8. The van der Waals surface area contributed by atoms with Gasteiger partial charge in [0.2, 0.25) is 0 Å². The molecule has 160 valence electrons. The molecular formula is C24H25N3O4. The van der Waals surface area contributed by atoms with E-state index in [-0.39, 0.29) is 18.5 Å². The maximum atomic E-state index is 11.8. The molecular weight excluding hydrogens is 394 g/mol. The van der Waals surface area contributed by atoms with Gasteiger partial charge in [-0.15, -0.1) is 0 Å². The molecule has 1 aromatic carbocycles. The molecule has 2 atom stereocenters. The van der Waals surface area contributed by atoms with Crippen molar-refractivity contribution in [2.75, 3.05) is 0 Å². The van der Waals surface area contributed by atoms with Crippen LogP contribution in [-0.4, -0.2) is 42.9 Å². The first-order valence-corrected chi connectivity index (χ1v) is 10.7. The Kier molecular flexibility index (Phi) is 5.08. The lowest BCUT2D eigenvalue weighted by Gasteiger charge is -2.26. The number of aliphatic hydroxyl groups is 2. The summed E-state index contributed by atoms with van der Waals surface area (Å²) in [4.78, 5) is 20.8. The van der Waals surface area contributed by atoms with Gasteiger partial charge in [-0.2, -0.15) is 0 Å². The summed E-state index contributed by atoms with van der Waals surface area (Å²) in [5.41, 5.74) is 2.71. The van der Waals surface area contributed by atoms with E-state index in [0.29, 0.717) is 38.1 Å². The van der Waals surface area contributed by atoms with Crippen molar-refractivity contribution in [3.8, 4) is 22.5 Å². The van der Waals surface area contributed by atoms with Gasteiger partial charge in [0.05, 0.1) is 23.9 Å². The molecule has 2 aliphatic rings. The zero-order valence-electron chi connectivity index (χ0n) is 17.1. The van der Waals surface area contributed by atoms with Crippen molar-refractivity contribution in [3.05, 3.63) is 60.7 Å². The highest BCUT2D eigenvalue weighted by Gasteiger charge is 2.47. The minimum atomic E-state index is -0.933. The quantitative estimate of drug-likeness (QED) is 0.596. The Morgan fingerprint density at radius 3 is 2.52 bits per heavy atom. The molecule has 2 aromatic heterocycles. The lowest BCUT2D eigenvalue weighted by molar-refractivity contribution is -0.160. The standard InChI is InChI=1S/C24H25N3O4/c28-18-14-19(31-20(29)15-18)8-13-27-22(17-4-2-1-3-5-17)21(16-6-11-25-12-7-16)26-23(27)24(30)9-10-24/h1-7,11-12,18-19,28,30H,8-10,13-15H2. The Morgan fingerprint density at radius 1 is 1.10 bits per heavy atom. The minimum absolute atomic E-state index is 0.0496. The van der Waals surface area contributed by atoms with E-state index < -0.39 is 11.7 Å². The molecule has 1 saturated heterocycles. The summed E-state index contributed by atoms with van der Waals surface area (Å²) in [6.07, 6.45) is 4.81. The summed E-state index contributed by atoms with van der Waals surface area (Å²) in [7, 11) is 0. The molecule has 0 radical (unpaired) electrons. The molecule has 1 saturated carbocycles. The molecule has 0 amide bonds. The SMILES string of the molecule is O=C1CC(O)CC(CCn2c(C3(O)CC3)nc(-c3ccncc3)c2-c2ccccc2)O1. The number of carbonyl (C=O) groups is 1. The van der Waals surface area contributed by atoms with Crippen LogP contribution in [0.5, 0.6) is 0 Å². The number of imidazole rings is 1. The van der Waals surface area contributed by atoms with Crippen LogP contribution in [0.1, 0.15) is 37.9 Å². The fraction of sp³-hybridized carbons (Fsp3) is 0.375. The second kappa shape index (κ2) is 7.90. The van der Waals surface area contributed by atoms with E-state index in [1.54, 1.807) is 12.4 Å². The third-order valence-electron chi connectivity index (χ3n) is 6.02. The second-order valence-corrected chi connectivity index (χ2v) is 8.41. The zero-order chi connectivity index (χ0) is 21.4. The molecule has 31 heavy (non-hydrogen) atoms. The Hall–Kier alpha value is -3.03. The highest BCUT2D eigenvalue weighted by Crippen LogP contribution is 2.47. The van der Waals surface area contributed by atoms with Gasteiger partial charge >= 0.3 is 5.97 Å². The number of cyclic esters (lactones) is 1. The fourth-order valence-electron chi connectivity index (χ4n) is 4.28. The van der Waals surface area contributed by atoms with E-state index in [4.69, 9.17) is 9.72 Å². The fourth-order valence-corrected chi connectivity index (χ4v) is 4.28. The summed E-state index contributed by atoms with van der Waals surface area (Å²) in [6.45, 7) is 0.518. The van der Waals surface area contributed by atoms with Gasteiger partial charge < -0.3 is 19.5 Å². The van der Waals surface area contributed by atoms with E-state index in [1.807, 2.05) is 42.5 Å². The Labute approximate surface area is 180 Å². The highest BCUT2D eigenvalue weighted by molar-refractivity contribution is 5.79. The van der Waals surface area contributed by atoms with Crippen molar-refractivity contribution in [1.82, 2.24) is 14.5 Å². The molecule has 7 heteroatoms. The minimum Gasteiger partial charge on any atom is -0.462 e. The van der Waals surface area contributed by atoms with E-state index >= 15 is 0 Å². The number of ether oxygens (including phenoxy) is 1. The molecule has 3 aromatic rings. The van der Waals surface area contributed by atoms with Crippen molar-refractivity contribution in [2.45, 2.75) is 56.5 Å². The normalized spacial score (nSPS) is 22.2. The molecule has 2 N–H and O–H groups in total. The van der Waals surface area contributed by atoms with Crippen LogP contribution in [0.15, 0.2) is 54.9 Å². The number of nitrogens with zero attached hydrogens (tertiary/aromatic N) is 3. The summed E-state index contributed by atoms with van der Waals surface area (Å²) < 4.78 is 7.52. The first-order valence-electron chi connectivity index (χ1n) is 10.7. The van der Waals surface area contributed by atoms with Gasteiger partial charge in [0.25, 0.3) is 0 Å². The van der Waals surface area contributed by atoms with E-state index in [9.17, 15) is 15.0 Å². The Morgan fingerprint density at radius 2 is 1.84 bits per heavy atom. The molecule has 7 nitrogen and oxygen atoms in total. The van der Waals surface area contributed by atoms with Crippen LogP contribution in [0.3, 0.4) is 0 Å². The van der Waals surface area contributed by atoms with Crippen LogP contribution < -0.4 is 0 Å². The smallest absolute Gasteiger partial charge is 0.308 e. The number of aromatic nitrogens is 3. The molecule has 5 rings (SSSR count). The van der Waals surface area contributed by atoms with Gasteiger partial charge in [0.1, 0.15) is 17.5 Å².